The first-order chi connectivity index (χ1) is 11.7. The Balaban J connectivity index is 0.00000225. The molecule has 2 N–H and O–H groups in total. The third-order valence-electron chi connectivity index (χ3n) is 4.70. The van der Waals surface area contributed by atoms with Crippen molar-refractivity contribution in [3.05, 3.63) is 35.4 Å². The molecule has 0 bridgehead atoms. The predicted molar refractivity (Wildman–Crippen MR) is 107 cm³/mol. The summed E-state index contributed by atoms with van der Waals surface area (Å²) < 4.78 is 26.9. The van der Waals surface area contributed by atoms with Gasteiger partial charge in [0.1, 0.15) is 11.6 Å². The first kappa shape index (κ1) is 20.4. The molecule has 0 spiro atoms. The summed E-state index contributed by atoms with van der Waals surface area (Å²) >= 11 is 0. The van der Waals surface area contributed by atoms with Gasteiger partial charge in [-0.3, -0.25) is 0 Å². The van der Waals surface area contributed by atoms with E-state index in [2.05, 4.69) is 20.5 Å². The minimum atomic E-state index is -0.439. The molecule has 1 aromatic rings. The zero-order valence-electron chi connectivity index (χ0n) is 14.6. The Hall–Kier alpha value is -0.960. The molecule has 2 fully saturated rings. The van der Waals surface area contributed by atoms with E-state index in [1.165, 1.54) is 31.9 Å². The summed E-state index contributed by atoms with van der Waals surface area (Å²) in [5.74, 6) is 0.420. The van der Waals surface area contributed by atoms with Crippen LogP contribution in [-0.2, 0) is 6.54 Å². The molecular weight excluding hydrogens is 437 g/mol. The highest BCUT2D eigenvalue weighted by molar-refractivity contribution is 14.0. The van der Waals surface area contributed by atoms with Crippen molar-refractivity contribution in [3.63, 3.8) is 0 Å². The molecule has 1 aliphatic carbocycles. The van der Waals surface area contributed by atoms with Crippen LogP contribution in [0.25, 0.3) is 0 Å². The highest BCUT2D eigenvalue weighted by Crippen LogP contribution is 2.31. The van der Waals surface area contributed by atoms with Crippen LogP contribution in [0.2, 0.25) is 0 Å². The molecule has 140 valence electrons. The molecule has 0 amide bonds. The van der Waals surface area contributed by atoms with Gasteiger partial charge in [0.05, 0.1) is 6.54 Å². The average Bonchev–Trinajstić information content (AvgIpc) is 3.32. The van der Waals surface area contributed by atoms with Crippen molar-refractivity contribution in [1.82, 2.24) is 15.5 Å². The van der Waals surface area contributed by atoms with E-state index in [0.717, 1.165) is 37.8 Å². The lowest BCUT2D eigenvalue weighted by atomic mass is 10.1. The first-order valence-electron chi connectivity index (χ1n) is 8.86. The Morgan fingerprint density at radius 2 is 2.04 bits per heavy atom. The molecular formula is C18H27F2IN4. The van der Waals surface area contributed by atoms with Gasteiger partial charge in [0.2, 0.25) is 0 Å². The topological polar surface area (TPSA) is 39.7 Å². The lowest BCUT2D eigenvalue weighted by Gasteiger charge is -2.17. The van der Waals surface area contributed by atoms with Crippen molar-refractivity contribution in [2.75, 3.05) is 26.2 Å². The summed E-state index contributed by atoms with van der Waals surface area (Å²) in [6, 6.07) is 4.30. The molecule has 4 nitrogen and oxygen atoms in total. The second-order valence-electron chi connectivity index (χ2n) is 6.69. The maximum absolute atomic E-state index is 13.7. The molecule has 1 aromatic carbocycles. The van der Waals surface area contributed by atoms with Crippen molar-refractivity contribution in [3.8, 4) is 0 Å². The third-order valence-corrected chi connectivity index (χ3v) is 4.70. The molecule has 1 atom stereocenters. The van der Waals surface area contributed by atoms with Crippen LogP contribution in [0.3, 0.4) is 0 Å². The molecule has 0 radical (unpaired) electrons. The molecule has 1 unspecified atom stereocenters. The number of hydrogen-bond acceptors (Lipinski definition) is 2. The van der Waals surface area contributed by atoms with Gasteiger partial charge in [-0.2, -0.15) is 0 Å². The molecule has 25 heavy (non-hydrogen) atoms. The first-order valence-corrected chi connectivity index (χ1v) is 8.86. The Labute approximate surface area is 165 Å². The highest BCUT2D eigenvalue weighted by Gasteiger charge is 2.34. The van der Waals surface area contributed by atoms with Gasteiger partial charge in [0.15, 0.2) is 5.96 Å². The number of nitrogens with zero attached hydrogens (tertiary/aromatic N) is 2. The Morgan fingerprint density at radius 3 is 2.76 bits per heavy atom. The van der Waals surface area contributed by atoms with Crippen LogP contribution >= 0.6 is 24.0 Å². The van der Waals surface area contributed by atoms with Crippen LogP contribution in [0, 0.1) is 17.6 Å². The minimum Gasteiger partial charge on any atom is -0.357 e. The van der Waals surface area contributed by atoms with E-state index < -0.39 is 11.6 Å². The van der Waals surface area contributed by atoms with Crippen molar-refractivity contribution in [1.29, 1.82) is 0 Å². The molecule has 2 aliphatic rings. The van der Waals surface area contributed by atoms with E-state index >= 15 is 0 Å². The number of aliphatic imine (C=N–C) groups is 1. The lowest BCUT2D eigenvalue weighted by Crippen LogP contribution is -2.40. The molecule has 7 heteroatoms. The van der Waals surface area contributed by atoms with Crippen LogP contribution in [0.5, 0.6) is 0 Å². The van der Waals surface area contributed by atoms with Crippen molar-refractivity contribution >= 4 is 29.9 Å². The van der Waals surface area contributed by atoms with Crippen LogP contribution in [-0.4, -0.2) is 43.1 Å². The summed E-state index contributed by atoms with van der Waals surface area (Å²) in [5.41, 5.74) is 0.271. The molecule has 1 saturated carbocycles. The van der Waals surface area contributed by atoms with E-state index in [-0.39, 0.29) is 36.1 Å². The Bertz CT molecular complexity index is 592. The predicted octanol–water partition coefficient (Wildman–Crippen LogP) is 3.12. The summed E-state index contributed by atoms with van der Waals surface area (Å²) in [6.45, 7) is 6.05. The van der Waals surface area contributed by atoms with Gasteiger partial charge in [-0.05, 0) is 56.8 Å². The number of rotatable bonds is 6. The number of likely N-dealkylation sites (tertiary alicyclic amines) is 1. The summed E-state index contributed by atoms with van der Waals surface area (Å²) in [4.78, 5) is 6.97. The minimum absolute atomic E-state index is 0. The van der Waals surface area contributed by atoms with E-state index in [9.17, 15) is 8.78 Å². The summed E-state index contributed by atoms with van der Waals surface area (Å²) in [6.07, 6.45) is 3.91. The van der Waals surface area contributed by atoms with Gasteiger partial charge < -0.3 is 15.5 Å². The highest BCUT2D eigenvalue weighted by atomic mass is 127. The van der Waals surface area contributed by atoms with Gasteiger partial charge in [-0.15, -0.1) is 24.0 Å². The smallest absolute Gasteiger partial charge is 0.191 e. The maximum atomic E-state index is 13.7. The van der Waals surface area contributed by atoms with Crippen molar-refractivity contribution in [2.24, 2.45) is 10.9 Å². The quantitative estimate of drug-likeness (QED) is 0.386. The lowest BCUT2D eigenvalue weighted by molar-refractivity contribution is 0.314. The SMILES string of the molecule is CCNC(=NCc1cc(F)ccc1F)NCC1CCN(C2CC2)C1.I. The molecule has 1 aliphatic heterocycles. The summed E-state index contributed by atoms with van der Waals surface area (Å²) in [7, 11) is 0. The Morgan fingerprint density at radius 1 is 1.24 bits per heavy atom. The van der Waals surface area contributed by atoms with Gasteiger partial charge >= 0.3 is 0 Å². The normalized spacial score (nSPS) is 21.1. The second-order valence-corrected chi connectivity index (χ2v) is 6.69. The van der Waals surface area contributed by atoms with E-state index in [0.29, 0.717) is 11.9 Å². The fourth-order valence-electron chi connectivity index (χ4n) is 3.21. The number of hydrogen-bond donors (Lipinski definition) is 2. The number of guanidine groups is 1. The molecule has 1 saturated heterocycles. The van der Waals surface area contributed by atoms with Gasteiger partial charge in [0, 0.05) is 31.2 Å². The van der Waals surface area contributed by atoms with Crippen LogP contribution in [0.15, 0.2) is 23.2 Å². The zero-order chi connectivity index (χ0) is 16.9. The third kappa shape index (κ3) is 6.06. The fraction of sp³-hybridized carbons (Fsp3) is 0.611. The second kappa shape index (κ2) is 9.66. The number of nitrogens with one attached hydrogen (secondary N) is 2. The largest absolute Gasteiger partial charge is 0.357 e. The van der Waals surface area contributed by atoms with Crippen LogP contribution in [0.1, 0.15) is 31.7 Å². The van der Waals surface area contributed by atoms with Crippen molar-refractivity contribution < 1.29 is 8.78 Å². The van der Waals surface area contributed by atoms with E-state index in [1.807, 2.05) is 6.92 Å². The standard InChI is InChI=1S/C18H26F2N4.HI/c1-2-21-18(23-11-14-9-15(19)3-6-17(14)20)22-10-13-7-8-24(12-13)16-4-5-16;/h3,6,9,13,16H,2,4-5,7-8,10-12H2,1H3,(H2,21,22,23);1H. The van der Waals surface area contributed by atoms with Gasteiger partial charge in [0.25, 0.3) is 0 Å². The van der Waals surface area contributed by atoms with Crippen LogP contribution in [0.4, 0.5) is 8.78 Å². The maximum Gasteiger partial charge on any atom is 0.191 e. The van der Waals surface area contributed by atoms with Crippen molar-refractivity contribution in [2.45, 2.75) is 38.8 Å². The monoisotopic (exact) mass is 464 g/mol. The zero-order valence-corrected chi connectivity index (χ0v) is 16.9. The number of benzene rings is 1. The van der Waals surface area contributed by atoms with Gasteiger partial charge in [-0.25, -0.2) is 13.8 Å². The number of halogens is 3. The van der Waals surface area contributed by atoms with E-state index in [1.54, 1.807) is 0 Å². The molecule has 1 heterocycles. The molecule has 0 aromatic heterocycles. The average molecular weight is 464 g/mol. The van der Waals surface area contributed by atoms with E-state index in [4.69, 9.17) is 0 Å². The summed E-state index contributed by atoms with van der Waals surface area (Å²) in [5, 5.41) is 6.51. The van der Waals surface area contributed by atoms with Gasteiger partial charge in [-0.1, -0.05) is 0 Å². The Kier molecular flexibility index (Phi) is 7.86. The fourth-order valence-corrected chi connectivity index (χ4v) is 3.21. The van der Waals surface area contributed by atoms with Crippen LogP contribution < -0.4 is 10.6 Å². The molecule has 3 rings (SSSR count).